The number of nitrogens with zero attached hydrogens (tertiary/aromatic N) is 4. The minimum absolute atomic E-state index is 0.0209. The number of carbonyl (C=O) groups is 1. The van der Waals surface area contributed by atoms with E-state index in [0.29, 0.717) is 12.2 Å². The Hall–Kier alpha value is -1.80. The van der Waals surface area contributed by atoms with Gasteiger partial charge < -0.3 is 10.4 Å². The van der Waals surface area contributed by atoms with E-state index in [1.54, 1.807) is 0 Å². The topological polar surface area (TPSA) is 92.9 Å². The van der Waals surface area contributed by atoms with E-state index in [1.807, 2.05) is 31.4 Å². The minimum Gasteiger partial charge on any atom is -0.396 e. The molecule has 8 heteroatoms. The largest absolute Gasteiger partial charge is 0.396 e. The summed E-state index contributed by atoms with van der Waals surface area (Å²) in [6.45, 7) is 4.08. The molecule has 0 radical (unpaired) electrons. The minimum atomic E-state index is -0.183. The molecule has 0 saturated heterocycles. The van der Waals surface area contributed by atoms with Crippen LogP contribution in [0.5, 0.6) is 0 Å². The Morgan fingerprint density at radius 2 is 2.33 bits per heavy atom. The summed E-state index contributed by atoms with van der Waals surface area (Å²) in [5.74, 6) is 0.595. The van der Waals surface area contributed by atoms with E-state index in [-0.39, 0.29) is 31.0 Å². The molecule has 2 heterocycles. The highest BCUT2D eigenvalue weighted by molar-refractivity contribution is 7.13. The van der Waals surface area contributed by atoms with Crippen molar-refractivity contribution in [1.82, 2.24) is 25.5 Å². The van der Waals surface area contributed by atoms with Crippen molar-refractivity contribution in [2.45, 2.75) is 32.9 Å². The molecule has 0 aliphatic heterocycles. The second-order valence-electron chi connectivity index (χ2n) is 5.05. The average Bonchev–Trinajstić information content (AvgIpc) is 3.08. The third-order valence-corrected chi connectivity index (χ3v) is 3.94. The Labute approximate surface area is 127 Å². The lowest BCUT2D eigenvalue weighted by atomic mass is 10.0. The van der Waals surface area contributed by atoms with Crippen LogP contribution in [0.15, 0.2) is 17.5 Å². The standard InChI is InChI=1S/C13H19N5O2S/c1-9(2)10(5-6-19)14-12(20)8-18-16-13(15-17-18)11-4-3-7-21-11/h3-4,7,9-10,19H,5-6,8H2,1-2H3,(H,14,20). The van der Waals surface area contributed by atoms with Crippen molar-refractivity contribution in [2.75, 3.05) is 6.61 Å². The summed E-state index contributed by atoms with van der Waals surface area (Å²) in [6, 6.07) is 3.76. The molecule has 1 amide bonds. The van der Waals surface area contributed by atoms with E-state index in [2.05, 4.69) is 20.7 Å². The lowest BCUT2D eigenvalue weighted by Gasteiger charge is -2.21. The number of aliphatic hydroxyl groups excluding tert-OH is 1. The first-order chi connectivity index (χ1) is 10.1. The summed E-state index contributed by atoms with van der Waals surface area (Å²) >= 11 is 1.52. The first-order valence-corrected chi connectivity index (χ1v) is 7.70. The van der Waals surface area contributed by atoms with Gasteiger partial charge in [-0.1, -0.05) is 19.9 Å². The molecule has 0 spiro atoms. The van der Waals surface area contributed by atoms with Gasteiger partial charge >= 0.3 is 0 Å². The maximum Gasteiger partial charge on any atom is 0.243 e. The van der Waals surface area contributed by atoms with Gasteiger partial charge in [0.1, 0.15) is 6.54 Å². The molecular formula is C13H19N5O2S. The van der Waals surface area contributed by atoms with Crippen LogP contribution in [0.4, 0.5) is 0 Å². The molecule has 114 valence electrons. The molecule has 0 aromatic carbocycles. The van der Waals surface area contributed by atoms with Gasteiger partial charge in [0, 0.05) is 12.6 Å². The van der Waals surface area contributed by atoms with Gasteiger partial charge in [-0.25, -0.2) is 0 Å². The van der Waals surface area contributed by atoms with Gasteiger partial charge in [-0.3, -0.25) is 4.79 Å². The van der Waals surface area contributed by atoms with Crippen molar-refractivity contribution >= 4 is 17.2 Å². The number of tetrazole rings is 1. The summed E-state index contributed by atoms with van der Waals surface area (Å²) in [6.07, 6.45) is 0.536. The third kappa shape index (κ3) is 4.33. The van der Waals surface area contributed by atoms with Gasteiger partial charge in [0.25, 0.3) is 0 Å². The number of nitrogens with one attached hydrogen (secondary N) is 1. The van der Waals surface area contributed by atoms with E-state index in [9.17, 15) is 4.79 Å². The number of rotatable bonds is 7. The van der Waals surface area contributed by atoms with Crippen LogP contribution in [0.3, 0.4) is 0 Å². The van der Waals surface area contributed by atoms with Crippen molar-refractivity contribution < 1.29 is 9.90 Å². The predicted octanol–water partition coefficient (Wildman–Crippen LogP) is 0.925. The number of aliphatic hydroxyl groups is 1. The Balaban J connectivity index is 1.93. The van der Waals surface area contributed by atoms with Crippen LogP contribution in [0, 0.1) is 5.92 Å². The monoisotopic (exact) mass is 309 g/mol. The molecule has 21 heavy (non-hydrogen) atoms. The molecule has 1 unspecified atom stereocenters. The van der Waals surface area contributed by atoms with Crippen LogP contribution in [0.2, 0.25) is 0 Å². The van der Waals surface area contributed by atoms with Gasteiger partial charge in [-0.15, -0.1) is 21.5 Å². The van der Waals surface area contributed by atoms with E-state index in [1.165, 1.54) is 16.1 Å². The second kappa shape index (κ2) is 7.28. The highest BCUT2D eigenvalue weighted by Gasteiger charge is 2.17. The van der Waals surface area contributed by atoms with Gasteiger partial charge in [0.05, 0.1) is 4.88 Å². The zero-order valence-electron chi connectivity index (χ0n) is 12.1. The zero-order chi connectivity index (χ0) is 15.2. The number of thiophene rings is 1. The summed E-state index contributed by atoms with van der Waals surface area (Å²) in [7, 11) is 0. The summed E-state index contributed by atoms with van der Waals surface area (Å²) in [4.78, 5) is 14.2. The number of hydrogen-bond donors (Lipinski definition) is 2. The fraction of sp³-hybridized carbons (Fsp3) is 0.538. The second-order valence-corrected chi connectivity index (χ2v) is 6.00. The Kier molecular flexibility index (Phi) is 5.40. The number of hydrogen-bond acceptors (Lipinski definition) is 6. The molecule has 0 bridgehead atoms. The smallest absolute Gasteiger partial charge is 0.243 e. The first-order valence-electron chi connectivity index (χ1n) is 6.82. The van der Waals surface area contributed by atoms with E-state index < -0.39 is 0 Å². The molecule has 0 aliphatic rings. The van der Waals surface area contributed by atoms with Crippen LogP contribution in [0.25, 0.3) is 10.7 Å². The van der Waals surface area contributed by atoms with Crippen LogP contribution >= 0.6 is 11.3 Å². The van der Waals surface area contributed by atoms with Crippen LogP contribution in [-0.2, 0) is 11.3 Å². The molecule has 2 aromatic rings. The van der Waals surface area contributed by atoms with Crippen molar-refractivity contribution in [2.24, 2.45) is 5.92 Å². The normalized spacial score (nSPS) is 12.6. The number of aromatic nitrogens is 4. The van der Waals surface area contributed by atoms with E-state index >= 15 is 0 Å². The highest BCUT2D eigenvalue weighted by Crippen LogP contribution is 2.19. The first kappa shape index (κ1) is 15.6. The average molecular weight is 309 g/mol. The number of carbonyl (C=O) groups excluding carboxylic acids is 1. The summed E-state index contributed by atoms with van der Waals surface area (Å²) in [5, 5.41) is 25.8. The molecular weight excluding hydrogens is 290 g/mol. The third-order valence-electron chi connectivity index (χ3n) is 3.07. The predicted molar refractivity (Wildman–Crippen MR) is 79.6 cm³/mol. The quantitative estimate of drug-likeness (QED) is 0.793. The summed E-state index contributed by atoms with van der Waals surface area (Å²) in [5.41, 5.74) is 0. The Morgan fingerprint density at radius 3 is 2.95 bits per heavy atom. The molecule has 2 N–H and O–H groups in total. The van der Waals surface area contributed by atoms with Crippen LogP contribution < -0.4 is 5.32 Å². The molecule has 0 fully saturated rings. The van der Waals surface area contributed by atoms with Crippen LogP contribution in [0.1, 0.15) is 20.3 Å². The molecule has 1 atom stereocenters. The molecule has 2 aromatic heterocycles. The van der Waals surface area contributed by atoms with Crippen LogP contribution in [-0.4, -0.2) is 43.9 Å². The van der Waals surface area contributed by atoms with Gasteiger partial charge in [0.2, 0.25) is 11.7 Å². The lowest BCUT2D eigenvalue weighted by molar-refractivity contribution is -0.123. The fourth-order valence-corrected chi connectivity index (χ4v) is 2.55. The van der Waals surface area contributed by atoms with Gasteiger partial charge in [-0.2, -0.15) is 4.80 Å². The molecule has 0 saturated carbocycles. The van der Waals surface area contributed by atoms with Crippen molar-refractivity contribution in [3.8, 4) is 10.7 Å². The van der Waals surface area contributed by atoms with Crippen molar-refractivity contribution in [3.05, 3.63) is 17.5 Å². The van der Waals surface area contributed by atoms with Crippen molar-refractivity contribution in [3.63, 3.8) is 0 Å². The highest BCUT2D eigenvalue weighted by atomic mass is 32.1. The Morgan fingerprint density at radius 1 is 1.52 bits per heavy atom. The maximum atomic E-state index is 12.0. The number of amides is 1. The van der Waals surface area contributed by atoms with Crippen molar-refractivity contribution in [1.29, 1.82) is 0 Å². The lowest BCUT2D eigenvalue weighted by Crippen LogP contribution is -2.41. The van der Waals surface area contributed by atoms with Gasteiger partial charge in [0.15, 0.2) is 0 Å². The van der Waals surface area contributed by atoms with E-state index in [0.717, 1.165) is 4.88 Å². The molecule has 7 nitrogen and oxygen atoms in total. The van der Waals surface area contributed by atoms with Gasteiger partial charge in [-0.05, 0) is 29.0 Å². The molecule has 2 rings (SSSR count). The fourth-order valence-electron chi connectivity index (χ4n) is 1.91. The molecule has 0 aliphatic carbocycles. The summed E-state index contributed by atoms with van der Waals surface area (Å²) < 4.78 is 0. The van der Waals surface area contributed by atoms with E-state index in [4.69, 9.17) is 5.11 Å². The maximum absolute atomic E-state index is 12.0. The Bertz CT molecular complexity index is 567. The zero-order valence-corrected chi connectivity index (χ0v) is 12.9. The SMILES string of the molecule is CC(C)C(CCO)NC(=O)Cn1nnc(-c2cccs2)n1.